The van der Waals surface area contributed by atoms with Gasteiger partial charge in [0.05, 0.1) is 18.2 Å². The minimum Gasteiger partial charge on any atom is -0.369 e. The predicted octanol–water partition coefficient (Wildman–Crippen LogP) is 3.56. The number of hydrogen-bond acceptors (Lipinski definition) is 3. The third kappa shape index (κ3) is 4.07. The lowest BCUT2D eigenvalue weighted by Gasteiger charge is -2.29. The van der Waals surface area contributed by atoms with Gasteiger partial charge in [0.25, 0.3) is 5.91 Å². The van der Waals surface area contributed by atoms with E-state index in [-0.39, 0.29) is 28.9 Å². The molecule has 5 heteroatoms. The summed E-state index contributed by atoms with van der Waals surface area (Å²) in [6.45, 7) is 10.6. The van der Waals surface area contributed by atoms with Crippen LogP contribution in [0.4, 0.5) is 0 Å². The van der Waals surface area contributed by atoms with Crippen molar-refractivity contribution in [2.75, 3.05) is 19.6 Å². The molecule has 1 spiro atoms. The second kappa shape index (κ2) is 7.42. The lowest BCUT2D eigenvalue weighted by atomic mass is 9.73. The first kappa shape index (κ1) is 20.4. The van der Waals surface area contributed by atoms with E-state index in [1.165, 1.54) is 0 Å². The van der Waals surface area contributed by atoms with Gasteiger partial charge in [0.2, 0.25) is 5.91 Å². The highest BCUT2D eigenvalue weighted by atomic mass is 16.5. The minimum absolute atomic E-state index is 0.0949. The first-order valence-corrected chi connectivity index (χ1v) is 11.0. The number of hydrogen-bond donors (Lipinski definition) is 1. The fourth-order valence-electron chi connectivity index (χ4n) is 5.39. The van der Waals surface area contributed by atoms with Crippen molar-refractivity contribution in [3.63, 3.8) is 0 Å². The van der Waals surface area contributed by atoms with Crippen LogP contribution in [0, 0.1) is 24.2 Å². The van der Waals surface area contributed by atoms with Gasteiger partial charge in [-0.2, -0.15) is 0 Å². The molecule has 158 valence electrons. The molecule has 3 fully saturated rings. The van der Waals surface area contributed by atoms with Gasteiger partial charge in [-0.1, -0.05) is 38.5 Å². The van der Waals surface area contributed by atoms with Gasteiger partial charge in [0.15, 0.2) is 0 Å². The van der Waals surface area contributed by atoms with E-state index in [4.69, 9.17) is 4.74 Å². The van der Waals surface area contributed by atoms with Crippen LogP contribution < -0.4 is 5.32 Å². The smallest absolute Gasteiger partial charge is 0.253 e. The standard InChI is InChI=1S/C24H34N2O3/c1-16-6-5-7-17(12-16)22(28)26-14-19-18(20-8-11-24(19,15-26)29-20)13-25-21(27)9-10-23(2,3)4/h5-7,12,18-20H,8-11,13-15H2,1-4H3,(H,25,27)/t18-,19+,20+,24+/m0/s1. The quantitative estimate of drug-likeness (QED) is 0.825. The fraction of sp³-hybridized carbons (Fsp3) is 0.667. The highest BCUT2D eigenvalue weighted by Gasteiger charge is 2.63. The van der Waals surface area contributed by atoms with Crippen molar-refractivity contribution in [3.8, 4) is 0 Å². The van der Waals surface area contributed by atoms with Crippen LogP contribution in [-0.4, -0.2) is 48.1 Å². The molecule has 3 heterocycles. The Morgan fingerprint density at radius 2 is 2.10 bits per heavy atom. The molecular formula is C24H34N2O3. The molecule has 0 radical (unpaired) electrons. The second-order valence-corrected chi connectivity index (χ2v) is 10.4. The van der Waals surface area contributed by atoms with E-state index in [1.807, 2.05) is 36.1 Å². The molecule has 3 saturated heterocycles. The molecule has 0 aromatic heterocycles. The third-order valence-corrected chi connectivity index (χ3v) is 6.97. The summed E-state index contributed by atoms with van der Waals surface area (Å²) < 4.78 is 6.44. The van der Waals surface area contributed by atoms with Gasteiger partial charge < -0.3 is 15.0 Å². The van der Waals surface area contributed by atoms with Gasteiger partial charge in [0.1, 0.15) is 0 Å². The molecule has 29 heavy (non-hydrogen) atoms. The number of amides is 2. The maximum absolute atomic E-state index is 13.1. The van der Waals surface area contributed by atoms with Crippen molar-refractivity contribution >= 4 is 11.8 Å². The van der Waals surface area contributed by atoms with E-state index >= 15 is 0 Å². The average Bonchev–Trinajstić information content (AvgIpc) is 3.32. The van der Waals surface area contributed by atoms with Crippen LogP contribution in [0.25, 0.3) is 0 Å². The summed E-state index contributed by atoms with van der Waals surface area (Å²) in [4.78, 5) is 27.3. The molecule has 1 N–H and O–H groups in total. The molecule has 2 bridgehead atoms. The zero-order chi connectivity index (χ0) is 20.8. The summed E-state index contributed by atoms with van der Waals surface area (Å²) in [5.74, 6) is 0.843. The van der Waals surface area contributed by atoms with Gasteiger partial charge >= 0.3 is 0 Å². The van der Waals surface area contributed by atoms with Gasteiger partial charge in [-0.3, -0.25) is 9.59 Å². The second-order valence-electron chi connectivity index (χ2n) is 10.4. The number of aryl methyl sites for hydroxylation is 1. The SMILES string of the molecule is Cc1cccc(C(=O)N2C[C@@H]3[C@H](CNC(=O)CCC(C)(C)C)[C@H]4CC[C@]3(C2)O4)c1. The molecular weight excluding hydrogens is 364 g/mol. The highest BCUT2D eigenvalue weighted by Crippen LogP contribution is 2.54. The molecule has 4 rings (SSSR count). The van der Waals surface area contributed by atoms with E-state index in [1.54, 1.807) is 0 Å². The molecule has 4 atom stereocenters. The molecule has 0 aliphatic carbocycles. The van der Waals surface area contributed by atoms with E-state index < -0.39 is 0 Å². The van der Waals surface area contributed by atoms with Crippen LogP contribution in [0.2, 0.25) is 0 Å². The number of carbonyl (C=O) groups excluding carboxylic acids is 2. The average molecular weight is 399 g/mol. The number of ether oxygens (including phenoxy) is 1. The van der Waals surface area contributed by atoms with Gasteiger partial charge in [0, 0.05) is 36.9 Å². The molecule has 0 saturated carbocycles. The molecule has 1 aromatic carbocycles. The van der Waals surface area contributed by atoms with Crippen LogP contribution in [-0.2, 0) is 9.53 Å². The molecule has 2 amide bonds. The minimum atomic E-state index is -0.203. The van der Waals surface area contributed by atoms with Gasteiger partial charge in [-0.25, -0.2) is 0 Å². The Balaban J connectivity index is 1.39. The summed E-state index contributed by atoms with van der Waals surface area (Å²) in [5.41, 5.74) is 1.81. The Hall–Kier alpha value is -1.88. The maximum atomic E-state index is 13.1. The Labute approximate surface area is 174 Å². The number of nitrogens with one attached hydrogen (secondary N) is 1. The zero-order valence-corrected chi connectivity index (χ0v) is 18.2. The van der Waals surface area contributed by atoms with Crippen LogP contribution in [0.15, 0.2) is 24.3 Å². The largest absolute Gasteiger partial charge is 0.369 e. The third-order valence-electron chi connectivity index (χ3n) is 6.97. The Morgan fingerprint density at radius 3 is 2.83 bits per heavy atom. The fourth-order valence-corrected chi connectivity index (χ4v) is 5.39. The van der Waals surface area contributed by atoms with Crippen molar-refractivity contribution in [3.05, 3.63) is 35.4 Å². The van der Waals surface area contributed by atoms with Crippen molar-refractivity contribution in [1.82, 2.24) is 10.2 Å². The van der Waals surface area contributed by atoms with Crippen molar-refractivity contribution in [2.45, 2.75) is 65.1 Å². The van der Waals surface area contributed by atoms with Crippen LogP contribution in [0.1, 0.15) is 62.4 Å². The lowest BCUT2D eigenvalue weighted by molar-refractivity contribution is -0.121. The normalized spacial score (nSPS) is 30.5. The number of likely N-dealkylation sites (tertiary alicyclic amines) is 1. The van der Waals surface area contributed by atoms with Crippen molar-refractivity contribution in [1.29, 1.82) is 0 Å². The van der Waals surface area contributed by atoms with E-state index in [0.717, 1.165) is 36.9 Å². The molecule has 1 aromatic rings. The highest BCUT2D eigenvalue weighted by molar-refractivity contribution is 5.94. The summed E-state index contributed by atoms with van der Waals surface area (Å²) in [6.07, 6.45) is 3.73. The number of benzene rings is 1. The lowest BCUT2D eigenvalue weighted by Crippen LogP contribution is -2.42. The topological polar surface area (TPSA) is 58.6 Å². The predicted molar refractivity (Wildman–Crippen MR) is 113 cm³/mol. The first-order valence-electron chi connectivity index (χ1n) is 11.0. The molecule has 3 aliphatic heterocycles. The Bertz CT molecular complexity index is 800. The summed E-state index contributed by atoms with van der Waals surface area (Å²) in [5, 5.41) is 3.15. The van der Waals surface area contributed by atoms with Crippen molar-refractivity contribution in [2.24, 2.45) is 17.3 Å². The van der Waals surface area contributed by atoms with Crippen LogP contribution in [0.3, 0.4) is 0 Å². The summed E-state index contributed by atoms with van der Waals surface area (Å²) >= 11 is 0. The monoisotopic (exact) mass is 398 g/mol. The van der Waals surface area contributed by atoms with E-state index in [2.05, 4.69) is 26.1 Å². The van der Waals surface area contributed by atoms with Gasteiger partial charge in [-0.05, 0) is 43.7 Å². The van der Waals surface area contributed by atoms with E-state index in [0.29, 0.717) is 31.3 Å². The summed E-state index contributed by atoms with van der Waals surface area (Å²) in [6, 6.07) is 7.80. The van der Waals surface area contributed by atoms with E-state index in [9.17, 15) is 9.59 Å². The molecule has 5 nitrogen and oxygen atoms in total. The summed E-state index contributed by atoms with van der Waals surface area (Å²) in [7, 11) is 0. The number of fused-ring (bicyclic) bond motifs is 1. The van der Waals surface area contributed by atoms with Gasteiger partial charge in [-0.15, -0.1) is 0 Å². The zero-order valence-electron chi connectivity index (χ0n) is 18.2. The van der Waals surface area contributed by atoms with Crippen LogP contribution >= 0.6 is 0 Å². The van der Waals surface area contributed by atoms with Crippen molar-refractivity contribution < 1.29 is 14.3 Å². The molecule has 3 aliphatic rings. The number of rotatable bonds is 5. The Morgan fingerprint density at radius 1 is 1.31 bits per heavy atom. The maximum Gasteiger partial charge on any atom is 0.253 e. The van der Waals surface area contributed by atoms with Crippen LogP contribution in [0.5, 0.6) is 0 Å². The Kier molecular flexibility index (Phi) is 5.22. The first-order chi connectivity index (χ1) is 13.7. The number of nitrogens with zero attached hydrogens (tertiary/aromatic N) is 1. The number of carbonyl (C=O) groups is 2. The molecule has 0 unspecified atom stereocenters.